The fourth-order valence-corrected chi connectivity index (χ4v) is 3.62. The lowest BCUT2D eigenvalue weighted by Crippen LogP contribution is -2.32. The first-order chi connectivity index (χ1) is 11.0. The Bertz CT molecular complexity index is 753. The van der Waals surface area contributed by atoms with Gasteiger partial charge in [0.25, 0.3) is 5.91 Å². The summed E-state index contributed by atoms with van der Waals surface area (Å²) in [6, 6.07) is 9.46. The summed E-state index contributed by atoms with van der Waals surface area (Å²) in [5.41, 5.74) is 2.02. The predicted molar refractivity (Wildman–Crippen MR) is 87.9 cm³/mol. The highest BCUT2D eigenvalue weighted by atomic mass is 32.1. The van der Waals surface area contributed by atoms with Crippen molar-refractivity contribution in [2.24, 2.45) is 0 Å². The molecule has 1 aromatic carbocycles. The van der Waals surface area contributed by atoms with Crippen LogP contribution in [0.3, 0.4) is 0 Å². The van der Waals surface area contributed by atoms with E-state index in [0.29, 0.717) is 17.9 Å². The lowest BCUT2D eigenvalue weighted by atomic mass is 10.1. The molecule has 1 aliphatic rings. The van der Waals surface area contributed by atoms with E-state index in [1.54, 1.807) is 0 Å². The number of carbonyl (C=O) groups is 2. The maximum atomic E-state index is 12.3. The molecule has 5 nitrogen and oxygen atoms in total. The Morgan fingerprint density at radius 3 is 2.96 bits per heavy atom. The summed E-state index contributed by atoms with van der Waals surface area (Å²) in [6.45, 7) is 2.28. The molecule has 3 rings (SSSR count). The Kier molecular flexibility index (Phi) is 4.34. The molecule has 1 atom stereocenters. The number of amides is 1. The zero-order chi connectivity index (χ0) is 16.4. The molecule has 120 valence electrons. The van der Waals surface area contributed by atoms with Crippen LogP contribution in [0.15, 0.2) is 30.3 Å². The van der Waals surface area contributed by atoms with Gasteiger partial charge in [-0.1, -0.05) is 12.1 Å². The quantitative estimate of drug-likeness (QED) is 0.881. The highest BCUT2D eigenvalue weighted by Gasteiger charge is 2.22. The molecule has 2 aromatic rings. The minimum atomic E-state index is -0.855. The largest absolute Gasteiger partial charge is 0.488 e. The number of hydrogen-bond acceptors (Lipinski definition) is 4. The molecule has 0 spiro atoms. The third-order valence-electron chi connectivity index (χ3n) is 3.72. The van der Waals surface area contributed by atoms with Crippen LogP contribution in [0.5, 0.6) is 5.75 Å². The normalized spacial score (nSPS) is 13.4. The number of para-hydroxylation sites is 1. The van der Waals surface area contributed by atoms with Crippen LogP contribution < -0.4 is 10.1 Å². The number of aliphatic carboxylic acids is 1. The van der Waals surface area contributed by atoms with E-state index in [1.165, 1.54) is 11.3 Å². The Hall–Kier alpha value is -2.34. The Morgan fingerprint density at radius 1 is 1.39 bits per heavy atom. The number of hydrogen-bond donors (Lipinski definition) is 2. The zero-order valence-corrected chi connectivity index (χ0v) is 13.5. The van der Waals surface area contributed by atoms with Gasteiger partial charge in [-0.05, 0) is 31.5 Å². The van der Waals surface area contributed by atoms with Crippen molar-refractivity contribution in [1.82, 2.24) is 5.32 Å². The topological polar surface area (TPSA) is 75.6 Å². The van der Waals surface area contributed by atoms with Crippen LogP contribution in [0.2, 0.25) is 0 Å². The van der Waals surface area contributed by atoms with E-state index in [-0.39, 0.29) is 18.4 Å². The van der Waals surface area contributed by atoms with Crippen LogP contribution >= 0.6 is 11.3 Å². The van der Waals surface area contributed by atoms with Gasteiger partial charge < -0.3 is 15.2 Å². The van der Waals surface area contributed by atoms with Gasteiger partial charge in [-0.3, -0.25) is 9.59 Å². The summed E-state index contributed by atoms with van der Waals surface area (Å²) in [4.78, 5) is 24.6. The fraction of sp³-hybridized carbons (Fsp3) is 0.294. The standard InChI is InChI=1S/C17H17NO4S/c1-10(6-7-15(19)20)18-17(21)14-8-11-9-22-13-5-3-2-4-12(13)16(11)23-14/h2-5,8,10H,6-7,9H2,1H3,(H,18,21)(H,19,20). The number of fused-ring (bicyclic) bond motifs is 3. The molecular formula is C17H17NO4S. The number of rotatable bonds is 5. The number of thiophene rings is 1. The van der Waals surface area contributed by atoms with Crippen molar-refractivity contribution in [1.29, 1.82) is 0 Å². The van der Waals surface area contributed by atoms with Crippen molar-refractivity contribution in [3.8, 4) is 16.2 Å². The molecule has 0 radical (unpaired) electrons. The molecule has 2 N–H and O–H groups in total. The van der Waals surface area contributed by atoms with Crippen LogP contribution in [-0.2, 0) is 11.4 Å². The molecule has 0 saturated heterocycles. The Balaban J connectivity index is 1.75. The average Bonchev–Trinajstić information content (AvgIpc) is 2.97. The number of carboxylic acids is 1. The molecule has 0 bridgehead atoms. The van der Waals surface area contributed by atoms with E-state index in [4.69, 9.17) is 9.84 Å². The lowest BCUT2D eigenvalue weighted by molar-refractivity contribution is -0.137. The van der Waals surface area contributed by atoms with E-state index >= 15 is 0 Å². The van der Waals surface area contributed by atoms with Crippen molar-refractivity contribution in [2.45, 2.75) is 32.4 Å². The summed E-state index contributed by atoms with van der Waals surface area (Å²) in [5, 5.41) is 11.5. The van der Waals surface area contributed by atoms with Gasteiger partial charge in [0.1, 0.15) is 12.4 Å². The van der Waals surface area contributed by atoms with E-state index < -0.39 is 5.97 Å². The van der Waals surface area contributed by atoms with Crippen molar-refractivity contribution in [3.63, 3.8) is 0 Å². The third-order valence-corrected chi connectivity index (χ3v) is 4.93. The fourth-order valence-electron chi connectivity index (χ4n) is 2.52. The molecular weight excluding hydrogens is 314 g/mol. The Labute approximate surface area is 137 Å². The van der Waals surface area contributed by atoms with Crippen LogP contribution in [0.4, 0.5) is 0 Å². The van der Waals surface area contributed by atoms with Gasteiger partial charge in [0.2, 0.25) is 0 Å². The molecule has 0 fully saturated rings. The van der Waals surface area contributed by atoms with Gasteiger partial charge in [0.05, 0.1) is 4.88 Å². The number of benzene rings is 1. The maximum absolute atomic E-state index is 12.3. The van der Waals surface area contributed by atoms with E-state index in [1.807, 2.05) is 37.3 Å². The summed E-state index contributed by atoms with van der Waals surface area (Å²) in [7, 11) is 0. The highest BCUT2D eigenvalue weighted by Crippen LogP contribution is 2.42. The number of nitrogens with one attached hydrogen (secondary N) is 1. The van der Waals surface area contributed by atoms with Gasteiger partial charge in [0.15, 0.2) is 0 Å². The van der Waals surface area contributed by atoms with Gasteiger partial charge in [0, 0.05) is 28.5 Å². The van der Waals surface area contributed by atoms with Gasteiger partial charge >= 0.3 is 5.97 Å². The van der Waals surface area contributed by atoms with Gasteiger partial charge in [-0.25, -0.2) is 0 Å². The molecule has 6 heteroatoms. The summed E-state index contributed by atoms with van der Waals surface area (Å²) < 4.78 is 5.70. The maximum Gasteiger partial charge on any atom is 0.303 e. The average molecular weight is 331 g/mol. The number of carbonyl (C=O) groups excluding carboxylic acids is 1. The number of carboxylic acid groups (broad SMARTS) is 1. The summed E-state index contributed by atoms with van der Waals surface area (Å²) >= 11 is 1.44. The SMILES string of the molecule is CC(CCC(=O)O)NC(=O)c1cc2c(s1)-c1ccccc1OC2. The Morgan fingerprint density at radius 2 is 2.17 bits per heavy atom. The predicted octanol–water partition coefficient (Wildman–Crippen LogP) is 3.29. The minimum absolute atomic E-state index is 0.0452. The first-order valence-electron chi connectivity index (χ1n) is 7.42. The molecule has 1 aromatic heterocycles. The van der Waals surface area contributed by atoms with Gasteiger partial charge in [-0.15, -0.1) is 11.3 Å². The van der Waals surface area contributed by atoms with Crippen molar-refractivity contribution >= 4 is 23.2 Å². The van der Waals surface area contributed by atoms with Crippen LogP contribution in [0.25, 0.3) is 10.4 Å². The molecule has 0 saturated carbocycles. The highest BCUT2D eigenvalue weighted by molar-refractivity contribution is 7.17. The van der Waals surface area contributed by atoms with E-state index in [2.05, 4.69) is 5.32 Å². The first kappa shape index (κ1) is 15.6. The van der Waals surface area contributed by atoms with E-state index in [9.17, 15) is 9.59 Å². The van der Waals surface area contributed by atoms with Crippen LogP contribution in [0.1, 0.15) is 35.0 Å². The molecule has 23 heavy (non-hydrogen) atoms. The second-order valence-corrected chi connectivity index (χ2v) is 6.61. The second-order valence-electron chi connectivity index (χ2n) is 5.56. The molecule has 1 aliphatic heterocycles. The van der Waals surface area contributed by atoms with Crippen molar-refractivity contribution in [2.75, 3.05) is 0 Å². The zero-order valence-electron chi connectivity index (χ0n) is 12.7. The van der Waals surface area contributed by atoms with Crippen LogP contribution in [0, 0.1) is 0 Å². The monoisotopic (exact) mass is 331 g/mol. The van der Waals surface area contributed by atoms with Crippen molar-refractivity contribution < 1.29 is 19.4 Å². The van der Waals surface area contributed by atoms with Crippen molar-refractivity contribution in [3.05, 3.63) is 40.8 Å². The third kappa shape index (κ3) is 3.37. The summed E-state index contributed by atoms with van der Waals surface area (Å²) in [6.07, 6.45) is 0.460. The van der Waals surface area contributed by atoms with Crippen LogP contribution in [-0.4, -0.2) is 23.0 Å². The van der Waals surface area contributed by atoms with Gasteiger partial charge in [-0.2, -0.15) is 0 Å². The minimum Gasteiger partial charge on any atom is -0.488 e. The lowest BCUT2D eigenvalue weighted by Gasteiger charge is -2.16. The first-order valence-corrected chi connectivity index (χ1v) is 8.24. The summed E-state index contributed by atoms with van der Waals surface area (Å²) in [5.74, 6) is -0.185. The second kappa shape index (κ2) is 6.42. The molecule has 2 heterocycles. The molecule has 1 unspecified atom stereocenters. The molecule has 0 aliphatic carbocycles. The van der Waals surface area contributed by atoms with E-state index in [0.717, 1.165) is 21.8 Å². The smallest absolute Gasteiger partial charge is 0.303 e. The molecule has 1 amide bonds. The number of ether oxygens (including phenoxy) is 1.